The molecule has 3 atom stereocenters. The summed E-state index contributed by atoms with van der Waals surface area (Å²) < 4.78 is 0. The molecule has 0 aromatic heterocycles. The number of aryl methyl sites for hydroxylation is 2. The molecule has 0 spiro atoms. The predicted molar refractivity (Wildman–Crippen MR) is 69.5 cm³/mol. The SMILES string of the molecule is Cc1ccc(NC[C@@H](O)[C@H](O)[C@H](O)CO)cc1C. The third-order valence-corrected chi connectivity index (χ3v) is 3.00. The van der Waals surface area contributed by atoms with Crippen LogP contribution in [-0.4, -0.2) is 51.9 Å². The molecular weight excluding hydrogens is 234 g/mol. The number of aliphatic hydroxyl groups excluding tert-OH is 4. The van der Waals surface area contributed by atoms with Gasteiger partial charge in [0.1, 0.15) is 12.2 Å². The van der Waals surface area contributed by atoms with E-state index < -0.39 is 24.9 Å². The second-order valence-electron chi connectivity index (χ2n) is 4.49. The van der Waals surface area contributed by atoms with Gasteiger partial charge in [0.25, 0.3) is 0 Å². The maximum Gasteiger partial charge on any atom is 0.110 e. The van der Waals surface area contributed by atoms with E-state index in [4.69, 9.17) is 5.11 Å². The van der Waals surface area contributed by atoms with E-state index in [9.17, 15) is 15.3 Å². The predicted octanol–water partition coefficient (Wildman–Crippen LogP) is -0.210. The minimum atomic E-state index is -1.37. The summed E-state index contributed by atoms with van der Waals surface area (Å²) in [6.07, 6.45) is -3.84. The molecule has 0 unspecified atom stereocenters. The summed E-state index contributed by atoms with van der Waals surface area (Å²) >= 11 is 0. The highest BCUT2D eigenvalue weighted by Crippen LogP contribution is 2.14. The Bertz CT molecular complexity index is 383. The summed E-state index contributed by atoms with van der Waals surface area (Å²) in [5, 5.41) is 39.9. The van der Waals surface area contributed by atoms with Gasteiger partial charge in [-0.25, -0.2) is 0 Å². The molecule has 5 heteroatoms. The van der Waals surface area contributed by atoms with Gasteiger partial charge in [-0.05, 0) is 37.1 Å². The topological polar surface area (TPSA) is 93.0 Å². The lowest BCUT2D eigenvalue weighted by Gasteiger charge is -2.22. The molecule has 0 radical (unpaired) electrons. The molecule has 5 nitrogen and oxygen atoms in total. The normalized spacial score (nSPS) is 16.1. The molecule has 0 heterocycles. The number of hydrogen-bond donors (Lipinski definition) is 5. The van der Waals surface area contributed by atoms with Crippen LogP contribution >= 0.6 is 0 Å². The van der Waals surface area contributed by atoms with E-state index in [1.54, 1.807) is 0 Å². The van der Waals surface area contributed by atoms with Crippen molar-refractivity contribution >= 4 is 5.69 Å². The van der Waals surface area contributed by atoms with Gasteiger partial charge >= 0.3 is 0 Å². The van der Waals surface area contributed by atoms with Crippen LogP contribution in [0.25, 0.3) is 0 Å². The fourth-order valence-electron chi connectivity index (χ4n) is 1.56. The second-order valence-corrected chi connectivity index (χ2v) is 4.49. The molecule has 0 aliphatic carbocycles. The maximum absolute atomic E-state index is 9.62. The number of anilines is 1. The molecule has 1 aromatic rings. The highest BCUT2D eigenvalue weighted by Gasteiger charge is 2.23. The number of nitrogens with one attached hydrogen (secondary N) is 1. The summed E-state index contributed by atoms with van der Waals surface area (Å²) in [5.41, 5.74) is 3.14. The fraction of sp³-hybridized carbons (Fsp3) is 0.538. The summed E-state index contributed by atoms with van der Waals surface area (Å²) in [7, 11) is 0. The molecule has 1 rings (SSSR count). The molecule has 5 N–H and O–H groups in total. The Morgan fingerprint density at radius 3 is 2.28 bits per heavy atom. The highest BCUT2D eigenvalue weighted by molar-refractivity contribution is 5.48. The molecule has 0 aliphatic rings. The minimum absolute atomic E-state index is 0.0979. The van der Waals surface area contributed by atoms with Gasteiger partial charge in [-0.3, -0.25) is 0 Å². The van der Waals surface area contributed by atoms with Gasteiger partial charge in [-0.1, -0.05) is 6.07 Å². The Hall–Kier alpha value is -1.14. The van der Waals surface area contributed by atoms with Crippen LogP contribution in [0, 0.1) is 13.8 Å². The third kappa shape index (κ3) is 3.96. The zero-order valence-electron chi connectivity index (χ0n) is 10.7. The molecule has 0 saturated carbocycles. The number of aliphatic hydroxyl groups is 4. The van der Waals surface area contributed by atoms with Crippen molar-refractivity contribution in [2.45, 2.75) is 32.2 Å². The smallest absolute Gasteiger partial charge is 0.110 e. The van der Waals surface area contributed by atoms with Crippen LogP contribution in [0.2, 0.25) is 0 Å². The number of hydrogen-bond acceptors (Lipinski definition) is 5. The van der Waals surface area contributed by atoms with E-state index in [2.05, 4.69) is 5.32 Å². The molecule has 0 bridgehead atoms. The van der Waals surface area contributed by atoms with Crippen LogP contribution in [0.5, 0.6) is 0 Å². The summed E-state index contributed by atoms with van der Waals surface area (Å²) in [6.45, 7) is 3.51. The van der Waals surface area contributed by atoms with Gasteiger partial charge in [0.15, 0.2) is 0 Å². The monoisotopic (exact) mass is 255 g/mol. The number of rotatable bonds is 6. The summed E-state index contributed by atoms with van der Waals surface area (Å²) in [5.74, 6) is 0. The zero-order chi connectivity index (χ0) is 13.7. The van der Waals surface area contributed by atoms with Gasteiger partial charge in [0.05, 0.1) is 12.7 Å². The van der Waals surface area contributed by atoms with Gasteiger partial charge in [0.2, 0.25) is 0 Å². The van der Waals surface area contributed by atoms with Crippen molar-refractivity contribution in [3.8, 4) is 0 Å². The molecule has 0 saturated heterocycles. The Balaban J connectivity index is 2.51. The first-order chi connectivity index (χ1) is 8.45. The Kier molecular flexibility index (Phi) is 5.55. The van der Waals surface area contributed by atoms with Gasteiger partial charge < -0.3 is 25.7 Å². The lowest BCUT2D eigenvalue weighted by Crippen LogP contribution is -2.42. The molecule has 0 fully saturated rings. The average molecular weight is 255 g/mol. The minimum Gasteiger partial charge on any atom is -0.394 e. The Morgan fingerprint density at radius 1 is 1.06 bits per heavy atom. The summed E-state index contributed by atoms with van der Waals surface area (Å²) in [4.78, 5) is 0. The van der Waals surface area contributed by atoms with Crippen LogP contribution in [-0.2, 0) is 0 Å². The standard InChI is InChI=1S/C13H21NO4/c1-8-3-4-10(5-9(8)2)14-6-11(16)13(18)12(17)7-15/h3-5,11-18H,6-7H2,1-2H3/t11-,12-,13+/m1/s1. The van der Waals surface area contributed by atoms with E-state index in [-0.39, 0.29) is 6.54 Å². The Morgan fingerprint density at radius 2 is 1.72 bits per heavy atom. The molecular formula is C13H21NO4. The van der Waals surface area contributed by atoms with Crippen molar-refractivity contribution in [3.05, 3.63) is 29.3 Å². The highest BCUT2D eigenvalue weighted by atomic mass is 16.4. The largest absolute Gasteiger partial charge is 0.394 e. The summed E-state index contributed by atoms with van der Waals surface area (Å²) in [6, 6.07) is 5.78. The number of benzene rings is 1. The third-order valence-electron chi connectivity index (χ3n) is 3.00. The molecule has 0 amide bonds. The van der Waals surface area contributed by atoms with Crippen LogP contribution in [0.15, 0.2) is 18.2 Å². The van der Waals surface area contributed by atoms with Crippen molar-refractivity contribution in [2.24, 2.45) is 0 Å². The van der Waals surface area contributed by atoms with Crippen molar-refractivity contribution in [2.75, 3.05) is 18.5 Å². The maximum atomic E-state index is 9.62. The van der Waals surface area contributed by atoms with E-state index in [0.29, 0.717) is 0 Å². The second kappa shape index (κ2) is 6.70. The molecule has 18 heavy (non-hydrogen) atoms. The van der Waals surface area contributed by atoms with Crippen LogP contribution < -0.4 is 5.32 Å². The van der Waals surface area contributed by atoms with Crippen molar-refractivity contribution in [1.82, 2.24) is 0 Å². The van der Waals surface area contributed by atoms with E-state index in [1.165, 1.54) is 5.56 Å². The van der Waals surface area contributed by atoms with Crippen molar-refractivity contribution in [1.29, 1.82) is 0 Å². The first-order valence-corrected chi connectivity index (χ1v) is 5.92. The van der Waals surface area contributed by atoms with Gasteiger partial charge in [-0.15, -0.1) is 0 Å². The quantitative estimate of drug-likeness (QED) is 0.485. The van der Waals surface area contributed by atoms with Gasteiger partial charge in [-0.2, -0.15) is 0 Å². The van der Waals surface area contributed by atoms with E-state index in [1.807, 2.05) is 32.0 Å². The van der Waals surface area contributed by atoms with Gasteiger partial charge in [0, 0.05) is 12.2 Å². The Labute approximate surface area is 107 Å². The molecule has 102 valence electrons. The molecule has 1 aromatic carbocycles. The zero-order valence-corrected chi connectivity index (χ0v) is 10.7. The lowest BCUT2D eigenvalue weighted by molar-refractivity contribution is -0.0715. The lowest BCUT2D eigenvalue weighted by atomic mass is 10.1. The van der Waals surface area contributed by atoms with E-state index >= 15 is 0 Å². The average Bonchev–Trinajstić information content (AvgIpc) is 2.37. The van der Waals surface area contributed by atoms with E-state index in [0.717, 1.165) is 11.3 Å². The van der Waals surface area contributed by atoms with Crippen molar-refractivity contribution in [3.63, 3.8) is 0 Å². The first kappa shape index (κ1) is 14.9. The molecule has 0 aliphatic heterocycles. The van der Waals surface area contributed by atoms with Crippen LogP contribution in [0.4, 0.5) is 5.69 Å². The first-order valence-electron chi connectivity index (χ1n) is 5.92. The fourth-order valence-corrected chi connectivity index (χ4v) is 1.56. The van der Waals surface area contributed by atoms with Crippen molar-refractivity contribution < 1.29 is 20.4 Å². The van der Waals surface area contributed by atoms with Crippen LogP contribution in [0.3, 0.4) is 0 Å². The van der Waals surface area contributed by atoms with Crippen LogP contribution in [0.1, 0.15) is 11.1 Å².